The predicted octanol–water partition coefficient (Wildman–Crippen LogP) is 4.57. The minimum Gasteiger partial charge on any atom is -0.394 e. The Hall–Kier alpha value is -1.72. The molecular formula is C37H67NO12S. The van der Waals surface area contributed by atoms with Gasteiger partial charge in [-0.3, -0.25) is 9.35 Å². The fourth-order valence-corrected chi connectivity index (χ4v) is 6.16. The lowest BCUT2D eigenvalue weighted by Gasteiger charge is -2.41. The van der Waals surface area contributed by atoms with Gasteiger partial charge in [-0.25, -0.2) is 4.18 Å². The second kappa shape index (κ2) is 28.7. The van der Waals surface area contributed by atoms with E-state index in [-0.39, 0.29) is 6.42 Å². The molecule has 0 aromatic rings. The highest BCUT2D eigenvalue weighted by Gasteiger charge is 2.48. The summed E-state index contributed by atoms with van der Waals surface area (Å²) in [5, 5.41) is 54.6. The summed E-state index contributed by atoms with van der Waals surface area (Å²) in [6, 6.07) is -1.15. The highest BCUT2D eigenvalue weighted by atomic mass is 32.3. The third kappa shape index (κ3) is 22.2. The molecule has 13 nitrogen and oxygen atoms in total. The number of nitrogens with one attached hydrogen (secondary N) is 1. The summed E-state index contributed by atoms with van der Waals surface area (Å²) in [7, 11) is -5.12. The van der Waals surface area contributed by atoms with Crippen LogP contribution in [0.2, 0.25) is 0 Å². The van der Waals surface area contributed by atoms with Gasteiger partial charge < -0.3 is 40.3 Å². The van der Waals surface area contributed by atoms with Gasteiger partial charge in [-0.1, -0.05) is 115 Å². The first-order valence-electron chi connectivity index (χ1n) is 19.0. The van der Waals surface area contributed by atoms with Gasteiger partial charge in [0, 0.05) is 0 Å². The molecule has 14 heteroatoms. The zero-order chi connectivity index (χ0) is 37.9. The number of hydrogen-bond acceptors (Lipinski definition) is 11. The van der Waals surface area contributed by atoms with Gasteiger partial charge in [-0.05, 0) is 51.4 Å². The first kappa shape index (κ1) is 47.3. The van der Waals surface area contributed by atoms with Gasteiger partial charge in [0.25, 0.3) is 0 Å². The number of unbranched alkanes of at least 4 members (excludes halogenated alkanes) is 13. The Bertz CT molecular complexity index is 1090. The summed E-state index contributed by atoms with van der Waals surface area (Å²) in [6.45, 7) is 3.07. The average Bonchev–Trinajstić information content (AvgIpc) is 3.09. The third-order valence-corrected chi connectivity index (χ3v) is 9.22. The molecule has 0 aromatic heterocycles. The lowest BCUT2D eigenvalue weighted by Crippen LogP contribution is -2.61. The Labute approximate surface area is 306 Å². The van der Waals surface area contributed by atoms with Crippen molar-refractivity contribution in [1.82, 2.24) is 5.32 Å². The van der Waals surface area contributed by atoms with E-state index in [1.807, 2.05) is 12.2 Å². The van der Waals surface area contributed by atoms with Gasteiger partial charge in [0.15, 0.2) is 6.29 Å². The molecule has 0 radical (unpaired) electrons. The molecule has 0 aliphatic carbocycles. The van der Waals surface area contributed by atoms with Crippen LogP contribution in [0.5, 0.6) is 0 Å². The molecule has 298 valence electrons. The molecule has 1 amide bonds. The molecule has 8 atom stereocenters. The van der Waals surface area contributed by atoms with E-state index in [0.29, 0.717) is 12.8 Å². The van der Waals surface area contributed by atoms with Crippen LogP contribution in [0.3, 0.4) is 0 Å². The maximum absolute atomic E-state index is 12.9. The van der Waals surface area contributed by atoms with E-state index < -0.39 is 78.5 Å². The van der Waals surface area contributed by atoms with Crippen molar-refractivity contribution in [2.24, 2.45) is 0 Å². The van der Waals surface area contributed by atoms with E-state index in [0.717, 1.165) is 44.9 Å². The zero-order valence-electron chi connectivity index (χ0n) is 30.8. The summed E-state index contributed by atoms with van der Waals surface area (Å²) < 4.78 is 47.1. The van der Waals surface area contributed by atoms with Crippen molar-refractivity contribution in [3.05, 3.63) is 36.5 Å². The molecule has 0 aromatic carbocycles. The van der Waals surface area contributed by atoms with Crippen molar-refractivity contribution in [1.29, 1.82) is 0 Å². The first-order chi connectivity index (χ1) is 24.4. The van der Waals surface area contributed by atoms with Crippen LogP contribution in [-0.4, -0.2) is 107 Å². The number of carbonyl (C=O) groups is 1. The summed E-state index contributed by atoms with van der Waals surface area (Å²) in [4.78, 5) is 12.9. The van der Waals surface area contributed by atoms with Crippen LogP contribution in [0.25, 0.3) is 0 Å². The molecule has 1 fully saturated rings. The Morgan fingerprint density at radius 1 is 0.784 bits per heavy atom. The number of amides is 1. The molecule has 1 saturated heterocycles. The quantitative estimate of drug-likeness (QED) is 0.0306. The van der Waals surface area contributed by atoms with Gasteiger partial charge in [0.1, 0.15) is 30.5 Å². The van der Waals surface area contributed by atoms with Crippen LogP contribution >= 0.6 is 0 Å². The van der Waals surface area contributed by atoms with Crippen LogP contribution in [0.15, 0.2) is 36.5 Å². The van der Waals surface area contributed by atoms with Crippen LogP contribution in [0.4, 0.5) is 0 Å². The van der Waals surface area contributed by atoms with Gasteiger partial charge >= 0.3 is 10.4 Å². The van der Waals surface area contributed by atoms with E-state index >= 15 is 0 Å². The first-order valence-corrected chi connectivity index (χ1v) is 20.3. The maximum atomic E-state index is 12.9. The smallest absolute Gasteiger partial charge is 0.394 e. The summed E-state index contributed by atoms with van der Waals surface area (Å²) in [5.74, 6) is -0.752. The lowest BCUT2D eigenvalue weighted by molar-refractivity contribution is -0.298. The normalized spacial score (nSPS) is 23.3. The van der Waals surface area contributed by atoms with E-state index in [9.17, 15) is 38.7 Å². The number of rotatable bonds is 30. The zero-order valence-corrected chi connectivity index (χ0v) is 31.6. The van der Waals surface area contributed by atoms with Gasteiger partial charge in [-0.15, -0.1) is 0 Å². The SMILES string of the molecule is CCCCCC/C=C\CCC(O)C(=O)NC(COC1OC(CO)C(O)C(OS(=O)(=O)O)C1O)C(O)/C=C/CC/C=C/CCCCCCCCCC. The van der Waals surface area contributed by atoms with Gasteiger partial charge in [-0.2, -0.15) is 8.42 Å². The summed E-state index contributed by atoms with van der Waals surface area (Å²) in [6.07, 6.45) is 18.5. The van der Waals surface area contributed by atoms with E-state index in [2.05, 4.69) is 35.5 Å². The fourth-order valence-electron chi connectivity index (χ4n) is 5.65. The molecule has 0 saturated carbocycles. The molecule has 1 aliphatic rings. The second-order valence-corrected chi connectivity index (χ2v) is 14.3. The molecule has 1 aliphatic heterocycles. The molecule has 0 spiro atoms. The van der Waals surface area contributed by atoms with E-state index in [1.165, 1.54) is 57.4 Å². The highest BCUT2D eigenvalue weighted by molar-refractivity contribution is 7.80. The minimum atomic E-state index is -5.12. The molecule has 1 rings (SSSR count). The highest BCUT2D eigenvalue weighted by Crippen LogP contribution is 2.26. The molecular weight excluding hydrogens is 682 g/mol. The second-order valence-electron chi connectivity index (χ2n) is 13.3. The maximum Gasteiger partial charge on any atom is 0.397 e. The number of aliphatic hydroxyl groups is 5. The van der Waals surface area contributed by atoms with Crippen molar-refractivity contribution in [2.75, 3.05) is 13.2 Å². The fraction of sp³-hybridized carbons (Fsp3) is 0.811. The predicted molar refractivity (Wildman–Crippen MR) is 196 cm³/mol. The van der Waals surface area contributed by atoms with Crippen molar-refractivity contribution < 1.29 is 57.0 Å². The monoisotopic (exact) mass is 749 g/mol. The van der Waals surface area contributed by atoms with Crippen LogP contribution in [0.1, 0.15) is 129 Å². The standard InChI is InChI=1S/C37H67NO12S/c1-3-5-7-9-11-13-14-15-16-17-18-20-21-23-25-30(40)29(38-36(44)31(41)26-24-22-19-12-10-8-6-4-2)28-48-37-34(43)35(50-51(45,46)47)33(42)32(27-39)49-37/h17-19,22-23,25,29-35,37,39-43H,3-16,20-21,24,26-28H2,1-2H3,(H,38,44)(H,45,46,47)/b18-17+,22-19-,25-23+. The molecule has 7 N–H and O–H groups in total. The number of allylic oxidation sites excluding steroid dienone is 5. The summed E-state index contributed by atoms with van der Waals surface area (Å²) in [5.41, 5.74) is 0. The number of ether oxygens (including phenoxy) is 2. The number of aliphatic hydroxyl groups excluding tert-OH is 5. The largest absolute Gasteiger partial charge is 0.397 e. The van der Waals surface area contributed by atoms with Crippen molar-refractivity contribution in [3.8, 4) is 0 Å². The topological polar surface area (TPSA) is 212 Å². The van der Waals surface area contributed by atoms with Gasteiger partial charge in [0.2, 0.25) is 5.91 Å². The molecule has 0 bridgehead atoms. The lowest BCUT2D eigenvalue weighted by atomic mass is 9.99. The number of carbonyl (C=O) groups excluding carboxylic acids is 1. The third-order valence-electron chi connectivity index (χ3n) is 8.76. The Kier molecular flexibility index (Phi) is 26.7. The van der Waals surface area contributed by atoms with Crippen LogP contribution in [0, 0.1) is 0 Å². The number of hydrogen-bond donors (Lipinski definition) is 7. The Morgan fingerprint density at radius 3 is 1.90 bits per heavy atom. The van der Waals surface area contributed by atoms with Crippen LogP contribution in [-0.2, 0) is 28.9 Å². The minimum absolute atomic E-state index is 0.150. The molecule has 51 heavy (non-hydrogen) atoms. The van der Waals surface area contributed by atoms with Crippen molar-refractivity contribution >= 4 is 16.3 Å². The summed E-state index contributed by atoms with van der Waals surface area (Å²) >= 11 is 0. The van der Waals surface area contributed by atoms with Crippen molar-refractivity contribution in [2.45, 2.75) is 178 Å². The van der Waals surface area contributed by atoms with E-state index in [4.69, 9.17) is 14.0 Å². The Morgan fingerprint density at radius 2 is 1.31 bits per heavy atom. The van der Waals surface area contributed by atoms with Crippen LogP contribution < -0.4 is 5.32 Å². The molecule has 1 heterocycles. The average molecular weight is 750 g/mol. The Balaban J connectivity index is 2.77. The van der Waals surface area contributed by atoms with Gasteiger partial charge in [0.05, 0.1) is 25.4 Å². The van der Waals surface area contributed by atoms with Crippen molar-refractivity contribution in [3.63, 3.8) is 0 Å². The van der Waals surface area contributed by atoms with E-state index in [1.54, 1.807) is 6.08 Å². The molecule has 8 unspecified atom stereocenters.